The van der Waals surface area contributed by atoms with Gasteiger partial charge in [-0.3, -0.25) is 0 Å². The second-order valence-corrected chi connectivity index (χ2v) is 6.94. The lowest BCUT2D eigenvalue weighted by Crippen LogP contribution is -2.35. The Morgan fingerprint density at radius 2 is 2.12 bits per heavy atom. The normalized spacial score (nSPS) is 14.2. The third-order valence-corrected chi connectivity index (χ3v) is 4.23. The van der Waals surface area contributed by atoms with Crippen molar-refractivity contribution in [1.82, 2.24) is 20.3 Å². The van der Waals surface area contributed by atoms with Gasteiger partial charge in [0.15, 0.2) is 0 Å². The lowest BCUT2D eigenvalue weighted by atomic mass is 10.0. The van der Waals surface area contributed by atoms with E-state index in [0.29, 0.717) is 28.6 Å². The number of nitrogens with one attached hydrogen (secondary N) is 1. The largest absolute Gasteiger partial charge is 0.360 e. The number of aryl methyl sites for hydroxylation is 2. The molecule has 0 spiro atoms. The van der Waals surface area contributed by atoms with Gasteiger partial charge in [-0.1, -0.05) is 28.9 Å². The van der Waals surface area contributed by atoms with Crippen LogP contribution in [0, 0.1) is 13.8 Å². The number of allylic oxidation sites excluding steroid dienone is 6. The summed E-state index contributed by atoms with van der Waals surface area (Å²) in [6.07, 6.45) is 8.27. The monoisotopic (exact) mass is 372 g/mol. The number of nitrogens with zero attached hydrogens (tertiary/aromatic N) is 3. The van der Waals surface area contributed by atoms with Crippen LogP contribution in [0.4, 0.5) is 4.79 Å². The van der Waals surface area contributed by atoms with Crippen LogP contribution < -0.4 is 5.32 Å². The summed E-state index contributed by atoms with van der Waals surface area (Å²) in [6, 6.07) is 1.63. The fraction of sp³-hybridized carbons (Fsp3) is 0.316. The molecule has 0 bridgehead atoms. The molecule has 0 atom stereocenters. The molecule has 0 unspecified atom stereocenters. The summed E-state index contributed by atoms with van der Waals surface area (Å²) in [5.74, 6) is 0.651. The first-order valence-electron chi connectivity index (χ1n) is 8.44. The van der Waals surface area contributed by atoms with Crippen molar-refractivity contribution in [2.75, 3.05) is 0 Å². The molecule has 0 aromatic carbocycles. The molecule has 1 N–H and O–H groups in total. The Morgan fingerprint density at radius 1 is 1.35 bits per heavy atom. The van der Waals surface area contributed by atoms with E-state index in [1.807, 2.05) is 58.1 Å². The Balaban J connectivity index is 2.03. The van der Waals surface area contributed by atoms with Gasteiger partial charge in [0.05, 0.1) is 11.3 Å². The van der Waals surface area contributed by atoms with E-state index in [1.165, 1.54) is 4.68 Å². The predicted molar refractivity (Wildman–Crippen MR) is 102 cm³/mol. The number of rotatable bonds is 3. The van der Waals surface area contributed by atoms with Crippen LogP contribution in [0.3, 0.4) is 0 Å². The first kappa shape index (κ1) is 18.2. The number of hydrogen-bond acceptors (Lipinski definition) is 4. The molecule has 0 aliphatic heterocycles. The maximum absolute atomic E-state index is 12.3. The van der Waals surface area contributed by atoms with Crippen molar-refractivity contribution in [3.05, 3.63) is 52.6 Å². The van der Waals surface area contributed by atoms with Gasteiger partial charge >= 0.3 is 6.03 Å². The summed E-state index contributed by atoms with van der Waals surface area (Å²) in [5, 5.41) is 12.2. The first-order valence-corrected chi connectivity index (χ1v) is 8.82. The topological polar surface area (TPSA) is 73.0 Å². The summed E-state index contributed by atoms with van der Waals surface area (Å²) in [6.45, 7) is 7.49. The van der Waals surface area contributed by atoms with Crippen LogP contribution in [0.25, 0.3) is 16.8 Å². The van der Waals surface area contributed by atoms with E-state index in [1.54, 1.807) is 0 Å². The summed E-state index contributed by atoms with van der Waals surface area (Å²) >= 11 is 6.06. The van der Waals surface area contributed by atoms with E-state index in [0.717, 1.165) is 16.8 Å². The van der Waals surface area contributed by atoms with E-state index in [2.05, 4.69) is 15.6 Å². The van der Waals surface area contributed by atoms with E-state index in [4.69, 9.17) is 16.1 Å². The number of carbonyl (C=O) groups excluding carboxylic acids is 1. The Bertz CT molecular complexity index is 931. The van der Waals surface area contributed by atoms with Crippen LogP contribution in [-0.2, 0) is 0 Å². The van der Waals surface area contributed by atoms with Gasteiger partial charge in [0, 0.05) is 16.8 Å². The minimum atomic E-state index is -0.259. The second kappa shape index (κ2) is 7.33. The third kappa shape index (κ3) is 3.65. The van der Waals surface area contributed by atoms with Crippen LogP contribution in [0.5, 0.6) is 0 Å². The first-order chi connectivity index (χ1) is 12.4. The van der Waals surface area contributed by atoms with Gasteiger partial charge in [-0.2, -0.15) is 9.78 Å². The van der Waals surface area contributed by atoms with E-state index >= 15 is 0 Å². The molecule has 2 aromatic heterocycles. The van der Waals surface area contributed by atoms with Crippen molar-refractivity contribution >= 4 is 23.2 Å². The molecule has 0 saturated heterocycles. The molecule has 26 heavy (non-hydrogen) atoms. The third-order valence-electron chi connectivity index (χ3n) is 3.97. The Kier molecular flexibility index (Phi) is 5.13. The Labute approximate surface area is 157 Å². The average molecular weight is 373 g/mol. The van der Waals surface area contributed by atoms with Crippen molar-refractivity contribution in [3.63, 3.8) is 0 Å². The van der Waals surface area contributed by atoms with E-state index < -0.39 is 0 Å². The van der Waals surface area contributed by atoms with Crippen LogP contribution in [0.1, 0.15) is 37.4 Å². The maximum atomic E-state index is 12.3. The fourth-order valence-corrected chi connectivity index (χ4v) is 2.93. The van der Waals surface area contributed by atoms with Crippen LogP contribution in [0.15, 0.2) is 39.9 Å². The zero-order valence-electron chi connectivity index (χ0n) is 15.2. The highest BCUT2D eigenvalue weighted by Gasteiger charge is 2.22. The van der Waals surface area contributed by atoms with Gasteiger partial charge in [0.1, 0.15) is 11.5 Å². The molecule has 0 fully saturated rings. The lowest BCUT2D eigenvalue weighted by molar-refractivity contribution is 0.237. The highest BCUT2D eigenvalue weighted by atomic mass is 35.5. The molecule has 2 aromatic rings. The standard InChI is InChI=1S/C19H21ClN4O2/c1-11(2)21-19(25)24-12(3)10-16(22-24)17-13(4)26-23-18(17)14-6-5-7-15(20)9-8-14/h5,7-11H,6H2,1-4H3,(H,21,25). The minimum absolute atomic E-state index is 0.0295. The Hall–Kier alpha value is -2.60. The zero-order valence-corrected chi connectivity index (χ0v) is 16.0. The van der Waals surface area contributed by atoms with Gasteiger partial charge in [0.25, 0.3) is 0 Å². The molecule has 136 valence electrons. The van der Waals surface area contributed by atoms with Crippen molar-refractivity contribution in [2.24, 2.45) is 0 Å². The molecular formula is C19H21ClN4O2. The van der Waals surface area contributed by atoms with E-state index in [9.17, 15) is 4.79 Å². The molecule has 0 radical (unpaired) electrons. The molecule has 1 amide bonds. The Morgan fingerprint density at radius 3 is 2.85 bits per heavy atom. The summed E-state index contributed by atoms with van der Waals surface area (Å²) in [5.41, 5.74) is 3.86. The van der Waals surface area contributed by atoms with Gasteiger partial charge in [-0.05, 0) is 57.9 Å². The number of carbonyl (C=O) groups is 1. The lowest BCUT2D eigenvalue weighted by Gasteiger charge is -2.08. The van der Waals surface area contributed by atoms with Gasteiger partial charge in [-0.25, -0.2) is 4.79 Å². The fourth-order valence-electron chi connectivity index (χ4n) is 2.78. The smallest absolute Gasteiger partial charge is 0.342 e. The zero-order chi connectivity index (χ0) is 18.8. The molecule has 1 aliphatic rings. The molecule has 1 aliphatic carbocycles. The van der Waals surface area contributed by atoms with Gasteiger partial charge < -0.3 is 9.84 Å². The highest BCUT2D eigenvalue weighted by Crippen LogP contribution is 2.33. The van der Waals surface area contributed by atoms with Crippen LogP contribution in [0.2, 0.25) is 0 Å². The van der Waals surface area contributed by atoms with Crippen LogP contribution >= 0.6 is 11.6 Å². The number of aromatic nitrogens is 3. The van der Waals surface area contributed by atoms with E-state index in [-0.39, 0.29) is 12.1 Å². The SMILES string of the molecule is Cc1onc(C2=CC=C(Cl)C=CC2)c1-c1cc(C)n(C(=O)NC(C)C)n1. The van der Waals surface area contributed by atoms with Crippen LogP contribution in [-0.4, -0.2) is 27.0 Å². The maximum Gasteiger partial charge on any atom is 0.342 e. The average Bonchev–Trinajstić information content (AvgIpc) is 3.05. The molecule has 6 nitrogen and oxygen atoms in total. The molecule has 7 heteroatoms. The summed E-state index contributed by atoms with van der Waals surface area (Å²) < 4.78 is 6.79. The summed E-state index contributed by atoms with van der Waals surface area (Å²) in [7, 11) is 0. The van der Waals surface area contributed by atoms with Gasteiger partial charge in [-0.15, -0.1) is 0 Å². The van der Waals surface area contributed by atoms with Crippen molar-refractivity contribution < 1.29 is 9.32 Å². The van der Waals surface area contributed by atoms with Crippen molar-refractivity contribution in [3.8, 4) is 11.3 Å². The van der Waals surface area contributed by atoms with Gasteiger partial charge in [0.2, 0.25) is 0 Å². The number of hydrogen-bond donors (Lipinski definition) is 1. The number of halogens is 1. The van der Waals surface area contributed by atoms with Crippen molar-refractivity contribution in [2.45, 2.75) is 40.2 Å². The molecule has 0 saturated carbocycles. The van der Waals surface area contributed by atoms with Crippen molar-refractivity contribution in [1.29, 1.82) is 0 Å². The minimum Gasteiger partial charge on any atom is -0.360 e. The highest BCUT2D eigenvalue weighted by molar-refractivity contribution is 6.31. The molecule has 2 heterocycles. The summed E-state index contributed by atoms with van der Waals surface area (Å²) in [4.78, 5) is 12.3. The number of amides is 1. The predicted octanol–water partition coefficient (Wildman–Crippen LogP) is 4.59. The quantitative estimate of drug-likeness (QED) is 0.855. The molecule has 3 rings (SSSR count). The molecular weight excluding hydrogens is 352 g/mol. The second-order valence-electron chi connectivity index (χ2n) is 6.50.